The van der Waals surface area contributed by atoms with Crippen molar-refractivity contribution in [3.63, 3.8) is 0 Å². The van der Waals surface area contributed by atoms with Crippen LogP contribution in [0.5, 0.6) is 5.88 Å². The second kappa shape index (κ2) is 6.07. The minimum absolute atomic E-state index is 0.192. The molecule has 0 saturated carbocycles. The molecule has 0 aliphatic heterocycles. The number of nitrogens with one attached hydrogen (secondary N) is 1. The van der Waals surface area contributed by atoms with Gasteiger partial charge < -0.3 is 10.8 Å². The fourth-order valence-electron chi connectivity index (χ4n) is 2.30. The number of H-pyrrole nitrogens is 1. The molecule has 2 heterocycles. The molecule has 0 amide bonds. The molecule has 1 aromatic carbocycles. The van der Waals surface area contributed by atoms with Gasteiger partial charge in [-0.05, 0) is 12.1 Å². The Morgan fingerprint density at radius 1 is 1.20 bits per heavy atom. The third-order valence-corrected chi connectivity index (χ3v) is 3.72. The molecule has 0 unspecified atom stereocenters. The molecule has 3 rings (SSSR count). The average molecular weight is 341 g/mol. The summed E-state index contributed by atoms with van der Waals surface area (Å²) in [5.41, 5.74) is 6.25. The topological polar surface area (TPSA) is 144 Å². The summed E-state index contributed by atoms with van der Waals surface area (Å²) in [5.74, 6) is -0.726. The first-order valence-corrected chi connectivity index (χ1v) is 7.20. The van der Waals surface area contributed by atoms with Gasteiger partial charge in [0.1, 0.15) is 17.1 Å². The molecule has 0 aliphatic carbocycles. The second-order valence-corrected chi connectivity index (χ2v) is 5.30. The number of aliphatic imine (C=N–C) groups is 1. The maximum absolute atomic E-state index is 12.2. The van der Waals surface area contributed by atoms with E-state index >= 15 is 0 Å². The summed E-state index contributed by atoms with van der Waals surface area (Å²) in [6, 6.07) is 6.89. The van der Waals surface area contributed by atoms with Crippen molar-refractivity contribution in [2.24, 2.45) is 24.8 Å². The van der Waals surface area contributed by atoms with Gasteiger partial charge in [0.15, 0.2) is 0 Å². The number of hydrogen-bond donors (Lipinski definition) is 3. The van der Waals surface area contributed by atoms with Crippen molar-refractivity contribution in [1.82, 2.24) is 24.5 Å². The fourth-order valence-corrected chi connectivity index (χ4v) is 2.30. The van der Waals surface area contributed by atoms with Gasteiger partial charge in [-0.2, -0.15) is 15.4 Å². The number of aromatic hydroxyl groups is 1. The molecule has 10 heteroatoms. The smallest absolute Gasteiger partial charge is 0.333 e. The van der Waals surface area contributed by atoms with Gasteiger partial charge in [-0.1, -0.05) is 12.1 Å². The molecular formula is C15H15N7O3. The minimum Gasteiger partial charge on any atom is -0.494 e. The van der Waals surface area contributed by atoms with Crippen molar-refractivity contribution in [3.8, 4) is 17.1 Å². The molecule has 2 aromatic heterocycles. The van der Waals surface area contributed by atoms with Crippen LogP contribution in [-0.2, 0) is 14.1 Å². The number of aromatic nitrogens is 5. The van der Waals surface area contributed by atoms with Crippen LogP contribution in [0.3, 0.4) is 0 Å². The number of hydrogen-bond acceptors (Lipinski definition) is 6. The van der Waals surface area contributed by atoms with E-state index in [0.717, 1.165) is 14.7 Å². The number of amidine groups is 1. The van der Waals surface area contributed by atoms with Gasteiger partial charge in [0, 0.05) is 19.7 Å². The summed E-state index contributed by atoms with van der Waals surface area (Å²) in [4.78, 5) is 28.1. The molecule has 4 N–H and O–H groups in total. The van der Waals surface area contributed by atoms with Gasteiger partial charge in [0.05, 0.1) is 11.9 Å². The van der Waals surface area contributed by atoms with Crippen LogP contribution in [0.25, 0.3) is 11.3 Å². The molecular weight excluding hydrogens is 326 g/mol. The number of nitrogens with zero attached hydrogens (tertiary/aromatic N) is 5. The molecule has 0 atom stereocenters. The summed E-state index contributed by atoms with van der Waals surface area (Å²) in [6.07, 6.45) is 1.58. The first-order chi connectivity index (χ1) is 11.9. The highest BCUT2D eigenvalue weighted by Gasteiger charge is 2.18. The molecule has 0 saturated heterocycles. The van der Waals surface area contributed by atoms with Crippen LogP contribution in [0, 0.1) is 0 Å². The summed E-state index contributed by atoms with van der Waals surface area (Å²) in [5, 5.41) is 20.3. The van der Waals surface area contributed by atoms with Crippen LogP contribution in [-0.4, -0.2) is 35.5 Å². The quantitative estimate of drug-likeness (QED) is 0.437. The first-order valence-electron chi connectivity index (χ1n) is 7.20. The van der Waals surface area contributed by atoms with E-state index in [2.05, 4.69) is 20.4 Å². The van der Waals surface area contributed by atoms with Crippen LogP contribution in [0.1, 0.15) is 5.56 Å². The molecule has 0 fully saturated rings. The van der Waals surface area contributed by atoms with Crippen LogP contribution in [0.15, 0.2) is 45.0 Å². The minimum atomic E-state index is -0.721. The summed E-state index contributed by atoms with van der Waals surface area (Å²) < 4.78 is 1.78. The third kappa shape index (κ3) is 2.80. The van der Waals surface area contributed by atoms with Gasteiger partial charge in [0.25, 0.3) is 5.56 Å². The Labute approximate surface area is 140 Å². The number of aromatic amines is 1. The van der Waals surface area contributed by atoms with Crippen molar-refractivity contribution in [3.05, 3.63) is 56.9 Å². The van der Waals surface area contributed by atoms with Crippen LogP contribution < -0.4 is 17.0 Å². The number of rotatable bonds is 3. The van der Waals surface area contributed by atoms with E-state index in [9.17, 15) is 14.7 Å². The lowest BCUT2D eigenvalue weighted by molar-refractivity contribution is 0.410. The molecule has 128 valence electrons. The largest absolute Gasteiger partial charge is 0.494 e. The van der Waals surface area contributed by atoms with E-state index in [1.165, 1.54) is 14.1 Å². The maximum Gasteiger partial charge on any atom is 0.333 e. The second-order valence-electron chi connectivity index (χ2n) is 5.30. The average Bonchev–Trinajstić information content (AvgIpc) is 3.14. The zero-order valence-electron chi connectivity index (χ0n) is 13.5. The highest BCUT2D eigenvalue weighted by molar-refractivity contribution is 6.00. The zero-order valence-corrected chi connectivity index (χ0v) is 13.5. The normalized spacial score (nSPS) is 11.7. The monoisotopic (exact) mass is 341 g/mol. The van der Waals surface area contributed by atoms with Crippen LogP contribution in [0.2, 0.25) is 0 Å². The Bertz CT molecular complexity index is 1060. The van der Waals surface area contributed by atoms with E-state index in [4.69, 9.17) is 5.73 Å². The summed E-state index contributed by atoms with van der Waals surface area (Å²) in [6.45, 7) is 0. The Kier molecular flexibility index (Phi) is 3.93. The zero-order chi connectivity index (χ0) is 18.1. The Balaban J connectivity index is 2.03. The van der Waals surface area contributed by atoms with E-state index in [-0.39, 0.29) is 11.4 Å². The van der Waals surface area contributed by atoms with Gasteiger partial charge in [-0.3, -0.25) is 13.9 Å². The van der Waals surface area contributed by atoms with Crippen LogP contribution >= 0.6 is 0 Å². The lowest BCUT2D eigenvalue weighted by Crippen LogP contribution is -2.41. The predicted octanol–water partition coefficient (Wildman–Crippen LogP) is -0.388. The summed E-state index contributed by atoms with van der Waals surface area (Å²) in [7, 11) is 2.63. The standard InChI is InChI=1S/C15H15N7O3/c1-21-13(23)11(14(24)22(2)15(21)25)12(16)18-9-5-3-8(4-6-9)10-7-17-20-19-10/h3-7,23H,1-2H3,(H2,16,18)(H,17,19,20). The van der Waals surface area contributed by atoms with E-state index < -0.39 is 17.1 Å². The molecule has 0 radical (unpaired) electrons. The summed E-state index contributed by atoms with van der Waals surface area (Å²) >= 11 is 0. The Morgan fingerprint density at radius 2 is 1.88 bits per heavy atom. The highest BCUT2D eigenvalue weighted by Crippen LogP contribution is 2.21. The number of nitrogens with two attached hydrogens (primary N) is 1. The van der Waals surface area contributed by atoms with Crippen molar-refractivity contribution >= 4 is 11.5 Å². The maximum atomic E-state index is 12.2. The third-order valence-electron chi connectivity index (χ3n) is 3.72. The van der Waals surface area contributed by atoms with Gasteiger partial charge in [-0.15, -0.1) is 0 Å². The van der Waals surface area contributed by atoms with Crippen molar-refractivity contribution < 1.29 is 5.11 Å². The van der Waals surface area contributed by atoms with E-state index in [1.54, 1.807) is 30.5 Å². The SMILES string of the molecule is Cn1c(O)c(C(N)=Nc2ccc(-c3cn[nH]n3)cc2)c(=O)n(C)c1=O. The number of benzene rings is 1. The predicted molar refractivity (Wildman–Crippen MR) is 90.8 cm³/mol. The molecule has 3 aromatic rings. The Morgan fingerprint density at radius 3 is 2.48 bits per heavy atom. The van der Waals surface area contributed by atoms with Gasteiger partial charge in [0.2, 0.25) is 5.88 Å². The van der Waals surface area contributed by atoms with Gasteiger partial charge >= 0.3 is 5.69 Å². The molecule has 0 aliphatic rings. The fraction of sp³-hybridized carbons (Fsp3) is 0.133. The molecule has 10 nitrogen and oxygen atoms in total. The Hall–Kier alpha value is -3.69. The molecule has 0 spiro atoms. The molecule has 0 bridgehead atoms. The lowest BCUT2D eigenvalue weighted by atomic mass is 10.1. The van der Waals surface area contributed by atoms with Gasteiger partial charge in [-0.25, -0.2) is 9.79 Å². The van der Waals surface area contributed by atoms with Crippen molar-refractivity contribution in [2.45, 2.75) is 0 Å². The molecule has 25 heavy (non-hydrogen) atoms. The van der Waals surface area contributed by atoms with E-state index in [0.29, 0.717) is 11.4 Å². The first kappa shape index (κ1) is 16.2. The lowest BCUT2D eigenvalue weighted by Gasteiger charge is -2.09. The van der Waals surface area contributed by atoms with E-state index in [1.807, 2.05) is 0 Å². The van der Waals surface area contributed by atoms with Crippen molar-refractivity contribution in [1.29, 1.82) is 0 Å². The van der Waals surface area contributed by atoms with Crippen molar-refractivity contribution in [2.75, 3.05) is 0 Å². The van der Waals surface area contributed by atoms with Crippen LogP contribution in [0.4, 0.5) is 5.69 Å². The highest BCUT2D eigenvalue weighted by atomic mass is 16.3.